The van der Waals surface area contributed by atoms with Gasteiger partial charge in [0.05, 0.1) is 16.0 Å². The summed E-state index contributed by atoms with van der Waals surface area (Å²) in [6.45, 7) is 3.37. The number of carbonyl (C=O) groups is 2. The fraction of sp³-hybridized carbons (Fsp3) is 0.548. The predicted octanol–water partition coefficient (Wildman–Crippen LogP) is 6.80. The van der Waals surface area contributed by atoms with Crippen LogP contribution in [0.3, 0.4) is 0 Å². The minimum Gasteiger partial charge on any atom is -0.371 e. The third-order valence-electron chi connectivity index (χ3n) is 9.30. The summed E-state index contributed by atoms with van der Waals surface area (Å²) >= 11 is 12.9. The molecule has 210 valence electrons. The standard InChI is InChI=1S/C31H38Cl2FN3O2/c1-35(2)29(38)24-9-8-23(20-26(24)33)36-16-10-21(11-17-36)22-12-18-37(19-13-22)30(39)31(14-3-4-15-31)28-25(32)6-5-7-27(28)34/h5-9,20-22H,3-4,10-19H2,1-2H3. The van der Waals surface area contributed by atoms with E-state index >= 15 is 0 Å². The minimum absolute atomic E-state index is 0.0633. The van der Waals surface area contributed by atoms with Crippen LogP contribution in [0.1, 0.15) is 67.3 Å². The van der Waals surface area contributed by atoms with Gasteiger partial charge in [0.25, 0.3) is 5.91 Å². The molecule has 0 radical (unpaired) electrons. The summed E-state index contributed by atoms with van der Waals surface area (Å²) in [4.78, 5) is 32.1. The Labute approximate surface area is 241 Å². The van der Waals surface area contributed by atoms with Gasteiger partial charge in [-0.05, 0) is 80.7 Å². The van der Waals surface area contributed by atoms with Gasteiger partial charge in [0, 0.05) is 56.5 Å². The van der Waals surface area contributed by atoms with Gasteiger partial charge in [-0.3, -0.25) is 9.59 Å². The second kappa shape index (κ2) is 11.7. The van der Waals surface area contributed by atoms with Gasteiger partial charge in [-0.25, -0.2) is 4.39 Å². The molecule has 0 aromatic heterocycles. The van der Waals surface area contributed by atoms with E-state index in [0.29, 0.717) is 45.8 Å². The fourth-order valence-corrected chi connectivity index (χ4v) is 7.72. The highest BCUT2D eigenvalue weighted by atomic mass is 35.5. The van der Waals surface area contributed by atoms with Crippen molar-refractivity contribution in [3.05, 3.63) is 63.4 Å². The number of anilines is 1. The van der Waals surface area contributed by atoms with Crippen LogP contribution in [0.15, 0.2) is 36.4 Å². The highest BCUT2D eigenvalue weighted by Gasteiger charge is 2.48. The maximum Gasteiger partial charge on any atom is 0.254 e. The lowest BCUT2D eigenvalue weighted by molar-refractivity contribution is -0.139. The first kappa shape index (κ1) is 28.2. The number of hydrogen-bond acceptors (Lipinski definition) is 3. The molecular formula is C31H38Cl2FN3O2. The van der Waals surface area contributed by atoms with Crippen molar-refractivity contribution in [2.75, 3.05) is 45.2 Å². The maximum atomic E-state index is 15.0. The Kier molecular flexibility index (Phi) is 8.44. The lowest BCUT2D eigenvalue weighted by Gasteiger charge is -2.43. The fourth-order valence-electron chi connectivity index (χ4n) is 7.13. The molecule has 2 aromatic rings. The van der Waals surface area contributed by atoms with Gasteiger partial charge in [-0.1, -0.05) is 42.1 Å². The second-order valence-corrected chi connectivity index (χ2v) is 12.5. The van der Waals surface area contributed by atoms with E-state index in [1.807, 2.05) is 23.1 Å². The molecule has 2 aromatic carbocycles. The highest BCUT2D eigenvalue weighted by molar-refractivity contribution is 6.34. The molecule has 3 fully saturated rings. The van der Waals surface area contributed by atoms with E-state index in [0.717, 1.165) is 70.4 Å². The number of amides is 2. The van der Waals surface area contributed by atoms with Gasteiger partial charge in [-0.15, -0.1) is 0 Å². The Balaban J connectivity index is 1.18. The normalized spacial score (nSPS) is 20.3. The van der Waals surface area contributed by atoms with Crippen molar-refractivity contribution in [1.29, 1.82) is 0 Å². The van der Waals surface area contributed by atoms with Crippen LogP contribution in [0.4, 0.5) is 10.1 Å². The SMILES string of the molecule is CN(C)C(=O)c1ccc(N2CCC(C3CCN(C(=O)C4(c5c(F)cccc5Cl)CCCC4)CC3)CC2)cc1Cl. The van der Waals surface area contributed by atoms with E-state index in [1.54, 1.807) is 26.2 Å². The van der Waals surface area contributed by atoms with Crippen molar-refractivity contribution in [2.24, 2.45) is 11.8 Å². The molecule has 0 spiro atoms. The molecule has 2 heterocycles. The van der Waals surface area contributed by atoms with Crippen LogP contribution in [0.2, 0.25) is 10.0 Å². The quantitative estimate of drug-likeness (QED) is 0.395. The number of nitrogens with zero attached hydrogens (tertiary/aromatic N) is 3. The van der Waals surface area contributed by atoms with E-state index in [1.165, 1.54) is 11.0 Å². The van der Waals surface area contributed by atoms with Crippen molar-refractivity contribution in [2.45, 2.75) is 56.8 Å². The van der Waals surface area contributed by atoms with E-state index in [4.69, 9.17) is 23.2 Å². The monoisotopic (exact) mass is 573 g/mol. The summed E-state index contributed by atoms with van der Waals surface area (Å²) < 4.78 is 15.0. The summed E-state index contributed by atoms with van der Waals surface area (Å²) in [5, 5.41) is 0.856. The smallest absolute Gasteiger partial charge is 0.254 e. The van der Waals surface area contributed by atoms with Crippen LogP contribution in [-0.4, -0.2) is 61.9 Å². The number of rotatable bonds is 5. The Hall–Kier alpha value is -2.31. The zero-order valence-electron chi connectivity index (χ0n) is 22.9. The van der Waals surface area contributed by atoms with Crippen molar-refractivity contribution in [1.82, 2.24) is 9.80 Å². The first-order valence-corrected chi connectivity index (χ1v) is 15.0. The molecule has 2 aliphatic heterocycles. The molecule has 5 nitrogen and oxygen atoms in total. The largest absolute Gasteiger partial charge is 0.371 e. The number of hydrogen-bond donors (Lipinski definition) is 0. The number of carbonyl (C=O) groups excluding carboxylic acids is 2. The first-order valence-electron chi connectivity index (χ1n) is 14.2. The highest BCUT2D eigenvalue weighted by Crippen LogP contribution is 2.47. The van der Waals surface area contributed by atoms with Gasteiger partial charge in [0.15, 0.2) is 0 Å². The molecule has 2 saturated heterocycles. The number of benzene rings is 2. The molecule has 39 heavy (non-hydrogen) atoms. The summed E-state index contributed by atoms with van der Waals surface area (Å²) in [5.41, 5.74) is 1.16. The molecule has 2 amide bonds. The molecule has 3 aliphatic rings. The number of halogens is 3. The van der Waals surface area contributed by atoms with E-state index in [-0.39, 0.29) is 17.6 Å². The molecule has 0 N–H and O–H groups in total. The predicted molar refractivity (Wildman–Crippen MR) is 155 cm³/mol. The number of likely N-dealkylation sites (tertiary alicyclic amines) is 1. The minimum atomic E-state index is -0.825. The van der Waals surface area contributed by atoms with Crippen molar-refractivity contribution < 1.29 is 14.0 Å². The average Bonchev–Trinajstić information content (AvgIpc) is 3.43. The Bertz CT molecular complexity index is 1190. The molecule has 0 bridgehead atoms. The molecular weight excluding hydrogens is 536 g/mol. The van der Waals surface area contributed by atoms with Crippen LogP contribution in [0, 0.1) is 17.7 Å². The molecule has 1 saturated carbocycles. The van der Waals surface area contributed by atoms with Crippen molar-refractivity contribution in [3.8, 4) is 0 Å². The van der Waals surface area contributed by atoms with Gasteiger partial charge < -0.3 is 14.7 Å². The maximum absolute atomic E-state index is 15.0. The Morgan fingerprint density at radius 3 is 2.08 bits per heavy atom. The molecule has 8 heteroatoms. The molecule has 5 rings (SSSR count). The van der Waals surface area contributed by atoms with Crippen LogP contribution in [-0.2, 0) is 10.2 Å². The zero-order valence-corrected chi connectivity index (χ0v) is 24.4. The van der Waals surface area contributed by atoms with Gasteiger partial charge in [0.2, 0.25) is 5.91 Å². The molecule has 0 atom stereocenters. The topological polar surface area (TPSA) is 43.9 Å². The van der Waals surface area contributed by atoms with Crippen molar-refractivity contribution >= 4 is 40.7 Å². The summed E-state index contributed by atoms with van der Waals surface area (Å²) in [6.07, 6.45) is 7.36. The lowest BCUT2D eigenvalue weighted by atomic mass is 9.75. The van der Waals surface area contributed by atoms with Crippen LogP contribution in [0.5, 0.6) is 0 Å². The van der Waals surface area contributed by atoms with Crippen LogP contribution >= 0.6 is 23.2 Å². The average molecular weight is 575 g/mol. The first-order chi connectivity index (χ1) is 18.7. The van der Waals surface area contributed by atoms with E-state index in [9.17, 15) is 14.0 Å². The van der Waals surface area contributed by atoms with Gasteiger partial charge in [-0.2, -0.15) is 0 Å². The van der Waals surface area contributed by atoms with Crippen LogP contribution in [0.25, 0.3) is 0 Å². The Morgan fingerprint density at radius 2 is 1.51 bits per heavy atom. The zero-order chi connectivity index (χ0) is 27.7. The molecule has 1 aliphatic carbocycles. The summed E-state index contributed by atoms with van der Waals surface area (Å²) in [5.74, 6) is 0.834. The lowest BCUT2D eigenvalue weighted by Crippen LogP contribution is -2.50. The van der Waals surface area contributed by atoms with Gasteiger partial charge >= 0.3 is 0 Å². The third kappa shape index (κ3) is 5.52. The van der Waals surface area contributed by atoms with Crippen molar-refractivity contribution in [3.63, 3.8) is 0 Å². The van der Waals surface area contributed by atoms with Crippen LogP contribution < -0.4 is 4.90 Å². The molecule has 0 unspecified atom stereocenters. The third-order valence-corrected chi connectivity index (χ3v) is 9.92. The number of piperidine rings is 2. The second-order valence-electron chi connectivity index (χ2n) is 11.7. The Morgan fingerprint density at radius 1 is 0.897 bits per heavy atom. The summed E-state index contributed by atoms with van der Waals surface area (Å²) in [6, 6.07) is 10.5. The van der Waals surface area contributed by atoms with Gasteiger partial charge in [0.1, 0.15) is 5.82 Å². The summed E-state index contributed by atoms with van der Waals surface area (Å²) in [7, 11) is 3.45. The van der Waals surface area contributed by atoms with E-state index < -0.39 is 5.41 Å². The van der Waals surface area contributed by atoms with E-state index in [2.05, 4.69) is 4.90 Å².